The Hall–Kier alpha value is -2.15. The third-order valence-electron chi connectivity index (χ3n) is 6.03. The van der Waals surface area contributed by atoms with Crippen LogP contribution in [0.5, 0.6) is 0 Å². The highest BCUT2D eigenvalue weighted by Crippen LogP contribution is 2.38. The van der Waals surface area contributed by atoms with E-state index in [1.165, 1.54) is 0 Å². The van der Waals surface area contributed by atoms with Gasteiger partial charge in [-0.15, -0.1) is 0 Å². The zero-order valence-corrected chi connectivity index (χ0v) is 17.5. The molecule has 0 radical (unpaired) electrons. The Morgan fingerprint density at radius 3 is 2.71 bits per heavy atom. The maximum atomic E-state index is 13.2. The first kappa shape index (κ1) is 19.2. The van der Waals surface area contributed by atoms with E-state index in [-0.39, 0.29) is 17.1 Å². The molecule has 3 heterocycles. The molecule has 3 aliphatic heterocycles. The fourth-order valence-corrected chi connectivity index (χ4v) is 4.06. The molecule has 0 aromatic rings. The van der Waals surface area contributed by atoms with Gasteiger partial charge in [0, 0.05) is 13.1 Å². The molecule has 1 unspecified atom stereocenters. The van der Waals surface area contributed by atoms with Gasteiger partial charge in [0.25, 0.3) is 0 Å². The molecule has 2 atom stereocenters. The summed E-state index contributed by atoms with van der Waals surface area (Å²) in [5, 5.41) is 13.8. The average Bonchev–Trinajstić information content (AvgIpc) is 3.22. The van der Waals surface area contributed by atoms with Gasteiger partial charge in [-0.05, 0) is 43.6 Å². The number of hydrogen-bond donors (Lipinski definition) is 2. The summed E-state index contributed by atoms with van der Waals surface area (Å²) in [6.07, 6.45) is 4.95. The van der Waals surface area contributed by atoms with Crippen molar-refractivity contribution in [1.29, 1.82) is 0 Å². The summed E-state index contributed by atoms with van der Waals surface area (Å²) < 4.78 is 3.59. The number of nitrogens with zero attached hydrogens (tertiary/aromatic N) is 4. The van der Waals surface area contributed by atoms with Crippen LogP contribution >= 0.6 is 0 Å². The third-order valence-corrected chi connectivity index (χ3v) is 6.03. The first-order valence-electron chi connectivity index (χ1n) is 10.3. The van der Waals surface area contributed by atoms with Crippen molar-refractivity contribution in [2.75, 3.05) is 5.32 Å². The van der Waals surface area contributed by atoms with E-state index in [2.05, 4.69) is 33.0 Å². The molecule has 152 valence electrons. The maximum Gasteiger partial charge on any atom is 0.331 e. The van der Waals surface area contributed by atoms with Crippen LogP contribution in [0.2, 0.25) is 0 Å². The number of imidazole rings is 1. The van der Waals surface area contributed by atoms with E-state index in [0.717, 1.165) is 29.9 Å². The van der Waals surface area contributed by atoms with Crippen LogP contribution in [0.1, 0.15) is 66.1 Å². The number of allylic oxidation sites excluding steroid dienone is 1. The fourth-order valence-electron chi connectivity index (χ4n) is 4.06. The molecule has 0 bridgehead atoms. The van der Waals surface area contributed by atoms with Gasteiger partial charge in [-0.1, -0.05) is 33.8 Å². The van der Waals surface area contributed by atoms with Gasteiger partial charge >= 0.3 is 5.69 Å². The van der Waals surface area contributed by atoms with Gasteiger partial charge < -0.3 is 10.4 Å². The van der Waals surface area contributed by atoms with Crippen molar-refractivity contribution < 1.29 is 5.11 Å². The minimum Gasteiger partial charge on any atom is -0.390 e. The highest BCUT2D eigenvalue weighted by atomic mass is 16.3. The standard InChI is InChI=1S/C21H31N5O2/c1-6-11-25-18-15(17-22-14(20(2,3)4)12-26(17)19(25)27)23-16(24-18)13-7-9-21(5,28)10-8-13/h7,14,22,28H,6,8-12H2,1-5H3/t14-,21?/m0/s1. The number of nitrogens with one attached hydrogen (secondary N) is 1. The normalized spacial score (nSPS) is 24.9. The predicted octanol–water partition coefficient (Wildman–Crippen LogP) is 3.11. The number of aliphatic hydroxyl groups is 1. The summed E-state index contributed by atoms with van der Waals surface area (Å²) in [6, 6.07) is 0.171. The first-order valence-corrected chi connectivity index (χ1v) is 10.3. The van der Waals surface area contributed by atoms with E-state index in [9.17, 15) is 9.90 Å². The molecule has 7 nitrogen and oxygen atoms in total. The highest BCUT2D eigenvalue weighted by molar-refractivity contribution is 5.74. The largest absolute Gasteiger partial charge is 0.390 e. The second kappa shape index (κ2) is 6.44. The molecule has 0 aromatic carbocycles. The Morgan fingerprint density at radius 2 is 2.11 bits per heavy atom. The maximum absolute atomic E-state index is 13.2. The second-order valence-electron chi connectivity index (χ2n) is 9.61. The van der Waals surface area contributed by atoms with E-state index in [0.29, 0.717) is 37.6 Å². The minimum atomic E-state index is -0.654. The van der Waals surface area contributed by atoms with Gasteiger partial charge in [-0.25, -0.2) is 14.8 Å². The molecule has 4 aliphatic rings. The zero-order chi connectivity index (χ0) is 20.3. The van der Waals surface area contributed by atoms with Crippen molar-refractivity contribution in [2.24, 2.45) is 5.41 Å². The van der Waals surface area contributed by atoms with Gasteiger partial charge in [-0.3, -0.25) is 9.13 Å². The Morgan fingerprint density at radius 1 is 1.36 bits per heavy atom. The first-order chi connectivity index (χ1) is 13.1. The Kier molecular flexibility index (Phi) is 4.41. The van der Waals surface area contributed by atoms with Crippen LogP contribution in [-0.2, 0) is 13.1 Å². The topological polar surface area (TPSA) is 85.0 Å². The smallest absolute Gasteiger partial charge is 0.331 e. The SMILES string of the molecule is CCCn1c2nc(C3=CCC(C)(O)CC3)nc-2c2n(c1=O)C[C@@H](C(C)(C)C)N2. The van der Waals surface area contributed by atoms with Gasteiger partial charge in [0.05, 0.1) is 11.6 Å². The van der Waals surface area contributed by atoms with E-state index in [1.807, 2.05) is 17.6 Å². The van der Waals surface area contributed by atoms with Gasteiger partial charge in [0.15, 0.2) is 11.6 Å². The summed E-state index contributed by atoms with van der Waals surface area (Å²) in [7, 11) is 0. The Balaban J connectivity index is 1.84. The minimum absolute atomic E-state index is 0.0180. The monoisotopic (exact) mass is 385 g/mol. The number of anilines is 1. The van der Waals surface area contributed by atoms with Gasteiger partial charge in [-0.2, -0.15) is 0 Å². The zero-order valence-electron chi connectivity index (χ0n) is 17.5. The van der Waals surface area contributed by atoms with E-state index in [1.54, 1.807) is 4.57 Å². The Bertz CT molecular complexity index is 960. The van der Waals surface area contributed by atoms with Crippen molar-refractivity contribution in [3.05, 3.63) is 22.4 Å². The average molecular weight is 386 g/mol. The van der Waals surface area contributed by atoms with Crippen LogP contribution in [0.3, 0.4) is 0 Å². The lowest BCUT2D eigenvalue weighted by Gasteiger charge is -2.26. The molecule has 4 rings (SSSR count). The second-order valence-corrected chi connectivity index (χ2v) is 9.61. The van der Waals surface area contributed by atoms with Crippen molar-refractivity contribution in [1.82, 2.24) is 19.1 Å². The number of rotatable bonds is 3. The van der Waals surface area contributed by atoms with Gasteiger partial charge in [0.2, 0.25) is 0 Å². The van der Waals surface area contributed by atoms with Crippen LogP contribution in [0.15, 0.2) is 10.9 Å². The molecule has 0 amide bonds. The quantitative estimate of drug-likeness (QED) is 0.848. The number of fused-ring (bicyclic) bond motifs is 3. The molecule has 2 N–H and O–H groups in total. The van der Waals surface area contributed by atoms with Crippen molar-refractivity contribution in [3.63, 3.8) is 0 Å². The fraction of sp³-hybridized carbons (Fsp3) is 0.667. The summed E-state index contributed by atoms with van der Waals surface area (Å²) >= 11 is 0. The van der Waals surface area contributed by atoms with Crippen LogP contribution in [-0.4, -0.2) is 35.9 Å². The lowest BCUT2D eigenvalue weighted by Crippen LogP contribution is -2.35. The van der Waals surface area contributed by atoms with Gasteiger partial charge in [0.1, 0.15) is 11.5 Å². The van der Waals surface area contributed by atoms with Crippen molar-refractivity contribution in [2.45, 2.75) is 85.0 Å². The van der Waals surface area contributed by atoms with Crippen molar-refractivity contribution >= 4 is 11.4 Å². The number of aromatic nitrogens is 4. The molecular formula is C21H31N5O2. The van der Waals surface area contributed by atoms with Crippen LogP contribution in [0.4, 0.5) is 5.82 Å². The molecule has 0 spiro atoms. The lowest BCUT2D eigenvalue weighted by atomic mass is 9.87. The number of hydrogen-bond acceptors (Lipinski definition) is 5. The predicted molar refractivity (Wildman–Crippen MR) is 111 cm³/mol. The molecule has 0 saturated heterocycles. The summed E-state index contributed by atoms with van der Waals surface area (Å²) in [5.41, 5.74) is 1.19. The van der Waals surface area contributed by atoms with Crippen molar-refractivity contribution in [3.8, 4) is 11.5 Å². The lowest BCUT2D eigenvalue weighted by molar-refractivity contribution is 0.0523. The molecule has 1 aliphatic carbocycles. The van der Waals surface area contributed by atoms with E-state index in [4.69, 9.17) is 9.97 Å². The van der Waals surface area contributed by atoms with Crippen LogP contribution < -0.4 is 11.0 Å². The van der Waals surface area contributed by atoms with E-state index >= 15 is 0 Å². The van der Waals surface area contributed by atoms with Crippen LogP contribution in [0, 0.1) is 5.41 Å². The molecule has 7 heteroatoms. The van der Waals surface area contributed by atoms with E-state index < -0.39 is 5.60 Å². The Labute approximate surface area is 165 Å². The molecular weight excluding hydrogens is 354 g/mol. The molecule has 0 fully saturated rings. The molecule has 28 heavy (non-hydrogen) atoms. The van der Waals surface area contributed by atoms with Crippen LogP contribution in [0.25, 0.3) is 17.1 Å². The highest BCUT2D eigenvalue weighted by Gasteiger charge is 2.37. The molecule has 0 saturated carbocycles. The third kappa shape index (κ3) is 3.15. The summed E-state index contributed by atoms with van der Waals surface area (Å²) in [6.45, 7) is 11.7. The molecule has 0 aromatic heterocycles. The summed E-state index contributed by atoms with van der Waals surface area (Å²) in [4.78, 5) is 22.8. The summed E-state index contributed by atoms with van der Waals surface area (Å²) in [5.74, 6) is 2.13.